The number of amides is 2. The zero-order valence-electron chi connectivity index (χ0n) is 13.5. The summed E-state index contributed by atoms with van der Waals surface area (Å²) in [5.41, 5.74) is -0.787. The smallest absolute Gasteiger partial charge is 0.337 e. The van der Waals surface area contributed by atoms with Crippen molar-refractivity contribution in [1.29, 1.82) is 0 Å². The molecule has 0 saturated heterocycles. The first-order chi connectivity index (χ1) is 12.2. The van der Waals surface area contributed by atoms with Crippen LogP contribution in [0.5, 0.6) is 0 Å². The number of urea groups is 1. The Kier molecular flexibility index (Phi) is 4.84. The number of halogens is 5. The van der Waals surface area contributed by atoms with Gasteiger partial charge in [-0.3, -0.25) is 0 Å². The van der Waals surface area contributed by atoms with E-state index in [1.807, 2.05) is 0 Å². The molecule has 2 amide bonds. The first kappa shape index (κ1) is 18.5. The molecule has 138 valence electrons. The van der Waals surface area contributed by atoms with E-state index in [-0.39, 0.29) is 28.5 Å². The lowest BCUT2D eigenvalue weighted by molar-refractivity contribution is -0.136. The van der Waals surface area contributed by atoms with E-state index in [4.69, 9.17) is 11.6 Å². The molecule has 1 aliphatic rings. The summed E-state index contributed by atoms with van der Waals surface area (Å²) in [4.78, 5) is 12.1. The molecular formula is C18H15ClF4N2O. The predicted molar refractivity (Wildman–Crippen MR) is 90.8 cm³/mol. The Labute approximate surface area is 152 Å². The highest BCUT2D eigenvalue weighted by molar-refractivity contribution is 6.30. The minimum absolute atomic E-state index is 0.0727. The number of hydrogen-bond donors (Lipinski definition) is 2. The molecule has 3 nitrogen and oxygen atoms in total. The normalized spacial score (nSPS) is 15.4. The standard InChI is InChI=1S/C18H15ClF4N2O/c19-12-3-6-15(14(9-12)18(21,22)23)25-16(26)24-10-17(7-8-17)11-1-4-13(20)5-2-11/h1-6,9H,7-8,10H2,(H2,24,25,26). The van der Waals surface area contributed by atoms with Gasteiger partial charge in [0.15, 0.2) is 0 Å². The summed E-state index contributed by atoms with van der Waals surface area (Å²) in [6, 6.07) is 8.40. The average molecular weight is 387 g/mol. The van der Waals surface area contributed by atoms with Crippen molar-refractivity contribution < 1.29 is 22.4 Å². The third-order valence-corrected chi connectivity index (χ3v) is 4.67. The van der Waals surface area contributed by atoms with Crippen LogP contribution in [0.15, 0.2) is 42.5 Å². The van der Waals surface area contributed by atoms with Gasteiger partial charge in [0.2, 0.25) is 0 Å². The van der Waals surface area contributed by atoms with E-state index < -0.39 is 17.8 Å². The van der Waals surface area contributed by atoms with Crippen LogP contribution in [0.25, 0.3) is 0 Å². The molecule has 2 aromatic carbocycles. The second-order valence-electron chi connectivity index (χ2n) is 6.28. The zero-order valence-corrected chi connectivity index (χ0v) is 14.2. The Hall–Kier alpha value is -2.28. The van der Waals surface area contributed by atoms with Crippen LogP contribution in [0.3, 0.4) is 0 Å². The molecule has 26 heavy (non-hydrogen) atoms. The van der Waals surface area contributed by atoms with E-state index >= 15 is 0 Å². The number of hydrogen-bond acceptors (Lipinski definition) is 1. The van der Waals surface area contributed by atoms with Gasteiger partial charge >= 0.3 is 12.2 Å². The number of benzene rings is 2. The molecule has 0 heterocycles. The number of rotatable bonds is 4. The summed E-state index contributed by atoms with van der Waals surface area (Å²) in [7, 11) is 0. The molecule has 1 aliphatic carbocycles. The van der Waals surface area contributed by atoms with Crippen LogP contribution in [0.4, 0.5) is 28.0 Å². The number of carbonyl (C=O) groups is 1. The zero-order chi connectivity index (χ0) is 18.9. The van der Waals surface area contributed by atoms with Crippen molar-refractivity contribution in [2.45, 2.75) is 24.4 Å². The quantitative estimate of drug-likeness (QED) is 0.683. The van der Waals surface area contributed by atoms with Gasteiger partial charge in [-0.2, -0.15) is 13.2 Å². The molecule has 0 bridgehead atoms. The van der Waals surface area contributed by atoms with Gasteiger partial charge in [0.05, 0.1) is 11.3 Å². The van der Waals surface area contributed by atoms with Gasteiger partial charge in [-0.05, 0) is 48.7 Å². The monoisotopic (exact) mass is 386 g/mol. The summed E-state index contributed by atoms with van der Waals surface area (Å²) in [6.07, 6.45) is -3.01. The Morgan fingerprint density at radius 1 is 1.12 bits per heavy atom. The Morgan fingerprint density at radius 3 is 2.35 bits per heavy atom. The van der Waals surface area contributed by atoms with Crippen LogP contribution in [-0.2, 0) is 11.6 Å². The molecule has 1 fully saturated rings. The number of anilines is 1. The molecule has 0 spiro atoms. The third kappa shape index (κ3) is 4.09. The van der Waals surface area contributed by atoms with Crippen LogP contribution in [0.2, 0.25) is 5.02 Å². The summed E-state index contributed by atoms with van der Waals surface area (Å²) in [6.45, 7) is 0.249. The minimum Gasteiger partial charge on any atom is -0.337 e. The molecule has 0 atom stereocenters. The largest absolute Gasteiger partial charge is 0.418 e. The maximum absolute atomic E-state index is 13.1. The molecule has 0 unspecified atom stereocenters. The predicted octanol–water partition coefficient (Wildman–Crippen LogP) is 5.35. The fourth-order valence-corrected chi connectivity index (χ4v) is 2.97. The third-order valence-electron chi connectivity index (χ3n) is 4.43. The molecule has 2 N–H and O–H groups in total. The molecule has 3 rings (SSSR count). The Bertz CT molecular complexity index is 817. The van der Waals surface area contributed by atoms with Gasteiger partial charge in [-0.15, -0.1) is 0 Å². The maximum Gasteiger partial charge on any atom is 0.418 e. The van der Waals surface area contributed by atoms with Crippen LogP contribution in [0.1, 0.15) is 24.0 Å². The van der Waals surface area contributed by atoms with Crippen LogP contribution >= 0.6 is 11.6 Å². The van der Waals surface area contributed by atoms with Crippen molar-refractivity contribution in [2.75, 3.05) is 11.9 Å². The Balaban J connectivity index is 1.66. The van der Waals surface area contributed by atoms with Gasteiger partial charge in [0.25, 0.3) is 0 Å². The lowest BCUT2D eigenvalue weighted by atomic mass is 9.96. The van der Waals surface area contributed by atoms with Gasteiger partial charge in [0.1, 0.15) is 5.82 Å². The minimum atomic E-state index is -4.64. The SMILES string of the molecule is O=C(NCC1(c2ccc(F)cc2)CC1)Nc1ccc(Cl)cc1C(F)(F)F. The van der Waals surface area contributed by atoms with E-state index in [9.17, 15) is 22.4 Å². The lowest BCUT2D eigenvalue weighted by Gasteiger charge is -2.18. The number of carbonyl (C=O) groups excluding carboxylic acids is 1. The van der Waals surface area contributed by atoms with Gasteiger partial charge in [-0.1, -0.05) is 23.7 Å². The van der Waals surface area contributed by atoms with Crippen LogP contribution in [-0.4, -0.2) is 12.6 Å². The first-order valence-electron chi connectivity index (χ1n) is 7.87. The maximum atomic E-state index is 13.1. The van der Waals surface area contributed by atoms with Gasteiger partial charge in [-0.25, -0.2) is 9.18 Å². The summed E-state index contributed by atoms with van der Waals surface area (Å²) in [5.74, 6) is -0.349. The molecular weight excluding hydrogens is 372 g/mol. The van der Waals surface area contributed by atoms with Crippen molar-refractivity contribution in [1.82, 2.24) is 5.32 Å². The topological polar surface area (TPSA) is 41.1 Å². The molecule has 0 radical (unpaired) electrons. The Morgan fingerprint density at radius 2 is 1.77 bits per heavy atom. The molecule has 2 aromatic rings. The van der Waals surface area contributed by atoms with E-state index in [1.54, 1.807) is 12.1 Å². The lowest BCUT2D eigenvalue weighted by Crippen LogP contribution is -2.35. The van der Waals surface area contributed by atoms with E-state index in [1.165, 1.54) is 18.2 Å². The second kappa shape index (κ2) is 6.79. The summed E-state index contributed by atoms with van der Waals surface area (Å²) >= 11 is 5.61. The summed E-state index contributed by atoms with van der Waals surface area (Å²) < 4.78 is 52.2. The highest BCUT2D eigenvalue weighted by Crippen LogP contribution is 2.47. The second-order valence-corrected chi connectivity index (χ2v) is 6.72. The fraction of sp³-hybridized carbons (Fsp3) is 0.278. The number of alkyl halides is 3. The van der Waals surface area contributed by atoms with E-state index in [2.05, 4.69) is 10.6 Å². The van der Waals surface area contributed by atoms with E-state index in [0.717, 1.165) is 30.5 Å². The highest BCUT2D eigenvalue weighted by Gasteiger charge is 2.44. The van der Waals surface area contributed by atoms with Crippen molar-refractivity contribution in [3.05, 3.63) is 64.4 Å². The number of nitrogens with one attached hydrogen (secondary N) is 2. The molecule has 0 aromatic heterocycles. The van der Waals surface area contributed by atoms with Crippen LogP contribution in [0, 0.1) is 5.82 Å². The molecule has 8 heteroatoms. The van der Waals surface area contributed by atoms with Crippen molar-refractivity contribution >= 4 is 23.3 Å². The van der Waals surface area contributed by atoms with Crippen LogP contribution < -0.4 is 10.6 Å². The fourth-order valence-electron chi connectivity index (χ4n) is 2.80. The van der Waals surface area contributed by atoms with Gasteiger partial charge in [0, 0.05) is 17.0 Å². The van der Waals surface area contributed by atoms with Crippen molar-refractivity contribution in [2.24, 2.45) is 0 Å². The summed E-state index contributed by atoms with van der Waals surface area (Å²) in [5, 5.41) is 4.74. The molecule has 1 saturated carbocycles. The first-order valence-corrected chi connectivity index (χ1v) is 8.25. The highest BCUT2D eigenvalue weighted by atomic mass is 35.5. The van der Waals surface area contributed by atoms with Crippen molar-refractivity contribution in [3.8, 4) is 0 Å². The van der Waals surface area contributed by atoms with E-state index in [0.29, 0.717) is 0 Å². The average Bonchev–Trinajstić information content (AvgIpc) is 3.35. The molecule has 0 aliphatic heterocycles. The van der Waals surface area contributed by atoms with Crippen molar-refractivity contribution in [3.63, 3.8) is 0 Å². The van der Waals surface area contributed by atoms with Gasteiger partial charge < -0.3 is 10.6 Å².